The molecule has 0 aliphatic carbocycles. The SMILES string of the molecule is CCCCCCCCCCCCc1c(CCO)cccc1S(=O)(=O)O. The predicted molar refractivity (Wildman–Crippen MR) is 103 cm³/mol. The van der Waals surface area contributed by atoms with Crippen LogP contribution in [0.25, 0.3) is 0 Å². The third kappa shape index (κ3) is 8.84. The summed E-state index contributed by atoms with van der Waals surface area (Å²) in [6.07, 6.45) is 13.3. The Morgan fingerprint density at radius 1 is 0.840 bits per heavy atom. The maximum absolute atomic E-state index is 11.6. The molecule has 5 heteroatoms. The van der Waals surface area contributed by atoms with E-state index in [1.807, 2.05) is 6.07 Å². The number of unbranched alkanes of at least 4 members (excludes halogenated alkanes) is 9. The lowest BCUT2D eigenvalue weighted by Crippen LogP contribution is -2.07. The van der Waals surface area contributed by atoms with Gasteiger partial charge in [-0.3, -0.25) is 4.55 Å². The Bertz CT molecular complexity index is 581. The highest BCUT2D eigenvalue weighted by Gasteiger charge is 2.17. The molecule has 0 amide bonds. The quantitative estimate of drug-likeness (QED) is 0.360. The Morgan fingerprint density at radius 2 is 1.40 bits per heavy atom. The third-order valence-corrected chi connectivity index (χ3v) is 5.61. The summed E-state index contributed by atoms with van der Waals surface area (Å²) < 4.78 is 32.6. The smallest absolute Gasteiger partial charge is 0.294 e. The van der Waals surface area contributed by atoms with Crippen molar-refractivity contribution in [3.63, 3.8) is 0 Å². The molecule has 0 bridgehead atoms. The minimum absolute atomic E-state index is 0.00521. The van der Waals surface area contributed by atoms with Crippen LogP contribution in [-0.4, -0.2) is 24.7 Å². The van der Waals surface area contributed by atoms with Crippen molar-refractivity contribution in [3.8, 4) is 0 Å². The number of hydrogen-bond donors (Lipinski definition) is 2. The van der Waals surface area contributed by atoms with Gasteiger partial charge in [-0.15, -0.1) is 0 Å². The average molecular weight is 371 g/mol. The van der Waals surface area contributed by atoms with Crippen LogP contribution >= 0.6 is 0 Å². The van der Waals surface area contributed by atoms with Gasteiger partial charge in [-0.2, -0.15) is 8.42 Å². The molecule has 0 aromatic heterocycles. The van der Waals surface area contributed by atoms with E-state index in [-0.39, 0.29) is 11.5 Å². The van der Waals surface area contributed by atoms with E-state index in [1.165, 1.54) is 51.0 Å². The van der Waals surface area contributed by atoms with Gasteiger partial charge in [0.05, 0.1) is 4.90 Å². The van der Waals surface area contributed by atoms with Crippen LogP contribution in [0.1, 0.15) is 82.3 Å². The van der Waals surface area contributed by atoms with Crippen LogP contribution in [0.15, 0.2) is 23.1 Å². The first-order valence-electron chi connectivity index (χ1n) is 9.69. The lowest BCUT2D eigenvalue weighted by Gasteiger charge is -2.12. The normalized spacial score (nSPS) is 11.8. The second-order valence-electron chi connectivity index (χ2n) is 6.77. The minimum Gasteiger partial charge on any atom is -0.396 e. The number of hydrogen-bond acceptors (Lipinski definition) is 3. The predicted octanol–water partition coefficient (Wildman–Crippen LogP) is 4.93. The molecule has 1 aromatic rings. The fourth-order valence-corrected chi connectivity index (χ4v) is 4.08. The van der Waals surface area contributed by atoms with Gasteiger partial charge in [0.15, 0.2) is 0 Å². The molecule has 25 heavy (non-hydrogen) atoms. The fraction of sp³-hybridized carbons (Fsp3) is 0.700. The van der Waals surface area contributed by atoms with Crippen molar-refractivity contribution in [2.45, 2.75) is 88.9 Å². The second kappa shape index (κ2) is 12.4. The van der Waals surface area contributed by atoms with Crippen molar-refractivity contribution >= 4 is 10.1 Å². The Hall–Kier alpha value is -0.910. The van der Waals surface area contributed by atoms with Gasteiger partial charge in [-0.1, -0.05) is 76.8 Å². The first kappa shape index (κ1) is 22.1. The zero-order valence-corrected chi connectivity index (χ0v) is 16.4. The average Bonchev–Trinajstić information content (AvgIpc) is 2.57. The summed E-state index contributed by atoms with van der Waals surface area (Å²) in [5, 5.41) is 9.17. The number of aliphatic hydroxyl groups excluding tert-OH is 1. The van der Waals surface area contributed by atoms with Gasteiger partial charge in [-0.05, 0) is 36.5 Å². The van der Waals surface area contributed by atoms with Gasteiger partial charge in [0, 0.05) is 6.61 Å². The molecule has 0 saturated carbocycles. The zero-order valence-electron chi connectivity index (χ0n) is 15.5. The van der Waals surface area contributed by atoms with Gasteiger partial charge in [0.1, 0.15) is 0 Å². The fourth-order valence-electron chi connectivity index (χ4n) is 3.28. The van der Waals surface area contributed by atoms with Gasteiger partial charge in [-0.25, -0.2) is 0 Å². The van der Waals surface area contributed by atoms with Crippen LogP contribution in [0.5, 0.6) is 0 Å². The number of aliphatic hydroxyl groups is 1. The largest absolute Gasteiger partial charge is 0.396 e. The van der Waals surface area contributed by atoms with E-state index in [9.17, 15) is 18.1 Å². The lowest BCUT2D eigenvalue weighted by atomic mass is 9.98. The van der Waals surface area contributed by atoms with Gasteiger partial charge in [0.25, 0.3) is 10.1 Å². The van der Waals surface area contributed by atoms with Crippen molar-refractivity contribution in [3.05, 3.63) is 29.3 Å². The summed E-state index contributed by atoms with van der Waals surface area (Å²) in [4.78, 5) is -0.00521. The molecule has 0 atom stereocenters. The summed E-state index contributed by atoms with van der Waals surface area (Å²) in [5.41, 5.74) is 1.48. The van der Waals surface area contributed by atoms with Crippen molar-refractivity contribution in [2.24, 2.45) is 0 Å². The Labute approximate surface area is 153 Å². The molecular formula is C20H34O4S. The second-order valence-corrected chi connectivity index (χ2v) is 8.16. The van der Waals surface area contributed by atoms with Crippen molar-refractivity contribution < 1.29 is 18.1 Å². The van der Waals surface area contributed by atoms with E-state index in [1.54, 1.807) is 6.07 Å². The molecule has 1 rings (SSSR count). The maximum atomic E-state index is 11.6. The summed E-state index contributed by atoms with van der Waals surface area (Å²) in [6, 6.07) is 4.90. The Kier molecular flexibility index (Phi) is 11.0. The van der Waals surface area contributed by atoms with Gasteiger partial charge >= 0.3 is 0 Å². The van der Waals surface area contributed by atoms with Gasteiger partial charge in [0.2, 0.25) is 0 Å². The Morgan fingerprint density at radius 3 is 1.92 bits per heavy atom. The van der Waals surface area contributed by atoms with Crippen molar-refractivity contribution in [1.29, 1.82) is 0 Å². The van der Waals surface area contributed by atoms with Crippen LogP contribution < -0.4 is 0 Å². The van der Waals surface area contributed by atoms with Crippen LogP contribution in [0.2, 0.25) is 0 Å². The molecule has 1 aromatic carbocycles. The first-order chi connectivity index (χ1) is 12.0. The third-order valence-electron chi connectivity index (χ3n) is 4.67. The number of benzene rings is 1. The molecule has 144 valence electrons. The van der Waals surface area contributed by atoms with Crippen LogP contribution in [0, 0.1) is 0 Å². The maximum Gasteiger partial charge on any atom is 0.294 e. The van der Waals surface area contributed by atoms with Crippen molar-refractivity contribution in [1.82, 2.24) is 0 Å². The van der Waals surface area contributed by atoms with Crippen LogP contribution in [0.3, 0.4) is 0 Å². The molecule has 4 nitrogen and oxygen atoms in total. The van der Waals surface area contributed by atoms with E-state index in [4.69, 9.17) is 0 Å². The van der Waals surface area contributed by atoms with Gasteiger partial charge < -0.3 is 5.11 Å². The standard InChI is InChI=1S/C20H34O4S/c1-2-3-4-5-6-7-8-9-10-11-14-19-18(16-17-21)13-12-15-20(19)25(22,23)24/h12-13,15,21H,2-11,14,16-17H2,1H3,(H,22,23,24). The van der Waals surface area contributed by atoms with E-state index >= 15 is 0 Å². The highest BCUT2D eigenvalue weighted by Crippen LogP contribution is 2.23. The molecule has 0 aliphatic rings. The number of rotatable bonds is 14. The molecule has 0 saturated heterocycles. The topological polar surface area (TPSA) is 74.6 Å². The highest BCUT2D eigenvalue weighted by atomic mass is 32.2. The Balaban J connectivity index is 2.41. The molecule has 0 heterocycles. The highest BCUT2D eigenvalue weighted by molar-refractivity contribution is 7.85. The zero-order chi connectivity index (χ0) is 18.5. The molecule has 0 fully saturated rings. The first-order valence-corrected chi connectivity index (χ1v) is 11.1. The monoisotopic (exact) mass is 370 g/mol. The molecular weight excluding hydrogens is 336 g/mol. The van der Waals surface area contributed by atoms with Crippen molar-refractivity contribution in [2.75, 3.05) is 6.61 Å². The van der Waals surface area contributed by atoms with Crippen LogP contribution in [0.4, 0.5) is 0 Å². The van der Waals surface area contributed by atoms with E-state index in [0.29, 0.717) is 18.4 Å². The molecule has 0 spiro atoms. The van der Waals surface area contributed by atoms with E-state index < -0.39 is 10.1 Å². The summed E-state index contributed by atoms with van der Waals surface area (Å²) >= 11 is 0. The summed E-state index contributed by atoms with van der Waals surface area (Å²) in [5.74, 6) is 0. The molecule has 0 aliphatic heterocycles. The van der Waals surface area contributed by atoms with Crippen LogP contribution in [-0.2, 0) is 23.0 Å². The van der Waals surface area contributed by atoms with E-state index in [0.717, 1.165) is 24.8 Å². The molecule has 0 radical (unpaired) electrons. The summed E-state index contributed by atoms with van der Waals surface area (Å²) in [6.45, 7) is 2.20. The van der Waals surface area contributed by atoms with E-state index in [2.05, 4.69) is 6.92 Å². The molecule has 0 unspecified atom stereocenters. The molecule has 2 N–H and O–H groups in total. The summed E-state index contributed by atoms with van der Waals surface area (Å²) in [7, 11) is -4.22. The minimum atomic E-state index is -4.22. The lowest BCUT2D eigenvalue weighted by molar-refractivity contribution is 0.299.